The van der Waals surface area contributed by atoms with Crippen LogP contribution in [0.15, 0.2) is 65.7 Å². The van der Waals surface area contributed by atoms with E-state index in [4.69, 9.17) is 10.7 Å². The molecule has 26 heavy (non-hydrogen) atoms. The number of nitrogens with two attached hydrogens (primary N) is 1. The molecule has 0 spiro atoms. The Morgan fingerprint density at radius 3 is 2.04 bits per heavy atom. The summed E-state index contributed by atoms with van der Waals surface area (Å²) in [7, 11) is 0. The molecule has 3 rings (SSSR count). The zero-order valence-electron chi connectivity index (χ0n) is 16.3. The monoisotopic (exact) mass is 348 g/mol. The van der Waals surface area contributed by atoms with Gasteiger partial charge in [-0.15, -0.1) is 0 Å². The maximum absolute atomic E-state index is 6.74. The van der Waals surface area contributed by atoms with Gasteiger partial charge in [0.15, 0.2) is 0 Å². The third-order valence-corrected chi connectivity index (χ3v) is 5.73. The molecule has 2 aromatic rings. The van der Waals surface area contributed by atoms with Crippen LogP contribution in [0.5, 0.6) is 0 Å². The molecule has 1 fully saturated rings. The van der Waals surface area contributed by atoms with Crippen LogP contribution in [0.2, 0.25) is 0 Å². The van der Waals surface area contributed by atoms with E-state index in [-0.39, 0.29) is 12.1 Å². The number of rotatable bonds is 5. The number of benzene rings is 2. The molecule has 0 unspecified atom stereocenters. The summed E-state index contributed by atoms with van der Waals surface area (Å²) in [5.41, 5.74) is 10.5. The summed E-state index contributed by atoms with van der Waals surface area (Å²) in [6.07, 6.45) is 3.66. The molecule has 2 heteroatoms. The first-order chi connectivity index (χ1) is 12.6. The van der Waals surface area contributed by atoms with Gasteiger partial charge in [-0.05, 0) is 48.1 Å². The van der Waals surface area contributed by atoms with E-state index in [2.05, 4.69) is 75.4 Å². The smallest absolute Gasteiger partial charge is 0.0941 e. The van der Waals surface area contributed by atoms with Gasteiger partial charge in [-0.1, -0.05) is 81.4 Å². The Morgan fingerprint density at radius 1 is 0.885 bits per heavy atom. The molecular formula is C24H32N2. The Hall–Kier alpha value is -1.93. The predicted octanol–water partition coefficient (Wildman–Crippen LogP) is 5.96. The van der Waals surface area contributed by atoms with Gasteiger partial charge >= 0.3 is 0 Å². The summed E-state index contributed by atoms with van der Waals surface area (Å²) < 4.78 is 0. The maximum Gasteiger partial charge on any atom is 0.0941 e. The van der Waals surface area contributed by atoms with Crippen LogP contribution >= 0.6 is 0 Å². The molecule has 0 amide bonds. The van der Waals surface area contributed by atoms with E-state index >= 15 is 0 Å². The second-order valence-electron chi connectivity index (χ2n) is 8.15. The SMILES string of the molecule is CC(C)[C@@H]1CC[C@@H](C)CC1=N[C@@H](c1ccccc1)[C@@H](N)c1ccccc1. The lowest BCUT2D eigenvalue weighted by Gasteiger charge is -2.33. The zero-order valence-corrected chi connectivity index (χ0v) is 16.3. The highest BCUT2D eigenvalue weighted by Gasteiger charge is 2.29. The number of nitrogens with zero attached hydrogens (tertiary/aromatic N) is 1. The van der Waals surface area contributed by atoms with E-state index < -0.39 is 0 Å². The van der Waals surface area contributed by atoms with E-state index in [0.29, 0.717) is 17.8 Å². The van der Waals surface area contributed by atoms with E-state index in [1.54, 1.807) is 0 Å². The Balaban J connectivity index is 2.00. The first-order valence-corrected chi connectivity index (χ1v) is 9.98. The summed E-state index contributed by atoms with van der Waals surface area (Å²) in [6, 6.07) is 20.8. The molecule has 1 aliphatic rings. The standard InChI is InChI=1S/C24H32N2/c1-17(2)21-15-14-18(3)16-22(21)26-24(20-12-8-5-9-13-20)23(25)19-10-6-4-7-11-19/h4-13,17-18,21,23-24H,14-16,25H2,1-3H3/t18-,21+,23+,24+/m1/s1. The summed E-state index contributed by atoms with van der Waals surface area (Å²) >= 11 is 0. The van der Waals surface area contributed by atoms with Crippen molar-refractivity contribution in [3.8, 4) is 0 Å². The Morgan fingerprint density at radius 2 is 1.46 bits per heavy atom. The van der Waals surface area contributed by atoms with Gasteiger partial charge in [0.25, 0.3) is 0 Å². The molecule has 2 nitrogen and oxygen atoms in total. The molecular weight excluding hydrogens is 316 g/mol. The predicted molar refractivity (Wildman–Crippen MR) is 111 cm³/mol. The second-order valence-corrected chi connectivity index (χ2v) is 8.15. The summed E-state index contributed by atoms with van der Waals surface area (Å²) in [4.78, 5) is 5.33. The number of hydrogen-bond donors (Lipinski definition) is 1. The van der Waals surface area contributed by atoms with Gasteiger partial charge in [0.2, 0.25) is 0 Å². The van der Waals surface area contributed by atoms with Crippen LogP contribution in [0.4, 0.5) is 0 Å². The largest absolute Gasteiger partial charge is 0.322 e. The molecule has 0 aromatic heterocycles. The highest BCUT2D eigenvalue weighted by molar-refractivity contribution is 5.88. The molecule has 0 saturated heterocycles. The molecule has 0 bridgehead atoms. The average molecular weight is 349 g/mol. The van der Waals surface area contributed by atoms with Crippen LogP contribution in [-0.4, -0.2) is 5.71 Å². The van der Waals surface area contributed by atoms with Crippen molar-refractivity contribution in [2.45, 2.75) is 52.1 Å². The first-order valence-electron chi connectivity index (χ1n) is 9.98. The summed E-state index contributed by atoms with van der Waals surface area (Å²) in [5, 5.41) is 0. The minimum atomic E-state index is -0.129. The fourth-order valence-corrected chi connectivity index (χ4v) is 4.16. The molecule has 0 heterocycles. The van der Waals surface area contributed by atoms with Crippen LogP contribution in [0, 0.1) is 17.8 Å². The van der Waals surface area contributed by atoms with E-state index in [1.165, 1.54) is 24.1 Å². The third-order valence-electron chi connectivity index (χ3n) is 5.73. The van der Waals surface area contributed by atoms with Crippen LogP contribution in [-0.2, 0) is 0 Å². The van der Waals surface area contributed by atoms with E-state index in [9.17, 15) is 0 Å². The topological polar surface area (TPSA) is 38.4 Å². The van der Waals surface area contributed by atoms with Crippen molar-refractivity contribution in [1.29, 1.82) is 0 Å². The van der Waals surface area contributed by atoms with Crippen molar-refractivity contribution in [3.05, 3.63) is 71.8 Å². The van der Waals surface area contributed by atoms with E-state index in [0.717, 1.165) is 12.0 Å². The van der Waals surface area contributed by atoms with E-state index in [1.807, 2.05) is 6.07 Å². The van der Waals surface area contributed by atoms with Crippen LogP contribution in [0.3, 0.4) is 0 Å². The third kappa shape index (κ3) is 4.42. The van der Waals surface area contributed by atoms with Gasteiger partial charge in [0.1, 0.15) is 0 Å². The van der Waals surface area contributed by atoms with Crippen LogP contribution < -0.4 is 5.73 Å². The van der Waals surface area contributed by atoms with Crippen molar-refractivity contribution in [2.75, 3.05) is 0 Å². The molecule has 1 aliphatic carbocycles. The lowest BCUT2D eigenvalue weighted by molar-refractivity contribution is 0.361. The van der Waals surface area contributed by atoms with Gasteiger partial charge in [-0.25, -0.2) is 0 Å². The lowest BCUT2D eigenvalue weighted by Crippen LogP contribution is -2.30. The van der Waals surface area contributed by atoms with Gasteiger partial charge in [-0.3, -0.25) is 4.99 Å². The number of hydrogen-bond acceptors (Lipinski definition) is 2. The first kappa shape index (κ1) is 18.8. The molecule has 1 saturated carbocycles. The van der Waals surface area contributed by atoms with Crippen molar-refractivity contribution >= 4 is 5.71 Å². The molecule has 0 aliphatic heterocycles. The highest BCUT2D eigenvalue weighted by atomic mass is 14.9. The van der Waals surface area contributed by atoms with Gasteiger partial charge < -0.3 is 5.73 Å². The van der Waals surface area contributed by atoms with Crippen molar-refractivity contribution < 1.29 is 0 Å². The average Bonchev–Trinajstić information content (AvgIpc) is 2.67. The Bertz CT molecular complexity index is 706. The molecule has 2 N–H and O–H groups in total. The Labute approximate surface area is 158 Å². The number of aliphatic imine (C=N–C) groups is 1. The maximum atomic E-state index is 6.74. The van der Waals surface area contributed by atoms with Gasteiger partial charge in [0, 0.05) is 5.71 Å². The fraction of sp³-hybridized carbons (Fsp3) is 0.458. The van der Waals surface area contributed by atoms with Crippen molar-refractivity contribution in [2.24, 2.45) is 28.5 Å². The highest BCUT2D eigenvalue weighted by Crippen LogP contribution is 2.36. The van der Waals surface area contributed by atoms with Gasteiger partial charge in [-0.2, -0.15) is 0 Å². The molecule has 138 valence electrons. The minimum Gasteiger partial charge on any atom is -0.322 e. The zero-order chi connectivity index (χ0) is 18.5. The van der Waals surface area contributed by atoms with Crippen LogP contribution in [0.25, 0.3) is 0 Å². The molecule has 4 atom stereocenters. The van der Waals surface area contributed by atoms with Crippen molar-refractivity contribution in [3.63, 3.8) is 0 Å². The molecule has 2 aromatic carbocycles. The Kier molecular flexibility index (Phi) is 6.26. The quantitative estimate of drug-likeness (QED) is 0.711. The minimum absolute atomic E-state index is 0.0276. The second kappa shape index (κ2) is 8.64. The molecule has 0 radical (unpaired) electrons. The summed E-state index contributed by atoms with van der Waals surface area (Å²) in [5.74, 6) is 1.93. The summed E-state index contributed by atoms with van der Waals surface area (Å²) in [6.45, 7) is 7.00. The fourth-order valence-electron chi connectivity index (χ4n) is 4.16. The lowest BCUT2D eigenvalue weighted by atomic mass is 9.75. The van der Waals surface area contributed by atoms with Crippen molar-refractivity contribution in [1.82, 2.24) is 0 Å². The normalized spacial score (nSPS) is 24.6. The van der Waals surface area contributed by atoms with Gasteiger partial charge in [0.05, 0.1) is 12.1 Å². The van der Waals surface area contributed by atoms with Crippen LogP contribution in [0.1, 0.15) is 63.2 Å².